The fourth-order valence-electron chi connectivity index (χ4n) is 3.17. The third-order valence-electron chi connectivity index (χ3n) is 4.08. The van der Waals surface area contributed by atoms with Crippen LogP contribution in [0.3, 0.4) is 0 Å². The van der Waals surface area contributed by atoms with Crippen molar-refractivity contribution in [1.82, 2.24) is 0 Å². The Kier molecular flexibility index (Phi) is 2.83. The second-order valence-corrected chi connectivity index (χ2v) is 5.53. The summed E-state index contributed by atoms with van der Waals surface area (Å²) >= 11 is 0. The van der Waals surface area contributed by atoms with Crippen molar-refractivity contribution in [2.75, 3.05) is 5.32 Å². The normalized spacial score (nSPS) is 11.1. The summed E-state index contributed by atoms with van der Waals surface area (Å²) in [5, 5.41) is 10.0. The number of hydrogen-bond acceptors (Lipinski definition) is 1. The summed E-state index contributed by atoms with van der Waals surface area (Å²) in [6.45, 7) is 1.54. The molecule has 4 aromatic rings. The van der Waals surface area contributed by atoms with Gasteiger partial charge in [0.15, 0.2) is 0 Å². The Morgan fingerprint density at radius 1 is 0.727 bits per heavy atom. The molecule has 0 aliphatic heterocycles. The standard InChI is InChI=1S/C20H15NO/c1-13(22)21-19-8-4-6-15-10-11-17-16-7-3-2-5-14(16)9-12-18(17)20(15)19/h2-12H,1H3,(H,21,22). The van der Waals surface area contributed by atoms with Gasteiger partial charge in [-0.3, -0.25) is 4.79 Å². The van der Waals surface area contributed by atoms with Crippen LogP contribution in [-0.2, 0) is 4.79 Å². The maximum Gasteiger partial charge on any atom is 0.221 e. The van der Waals surface area contributed by atoms with Gasteiger partial charge in [-0.05, 0) is 33.0 Å². The van der Waals surface area contributed by atoms with Crippen molar-refractivity contribution in [3.8, 4) is 0 Å². The summed E-state index contributed by atoms with van der Waals surface area (Å²) in [5.41, 5.74) is 0.867. The zero-order valence-corrected chi connectivity index (χ0v) is 12.3. The minimum Gasteiger partial charge on any atom is -0.326 e. The highest BCUT2D eigenvalue weighted by Crippen LogP contribution is 2.35. The highest BCUT2D eigenvalue weighted by molar-refractivity contribution is 6.21. The van der Waals surface area contributed by atoms with E-state index in [9.17, 15) is 4.79 Å². The lowest BCUT2D eigenvalue weighted by molar-refractivity contribution is -0.114. The lowest BCUT2D eigenvalue weighted by Crippen LogP contribution is -2.06. The summed E-state index contributed by atoms with van der Waals surface area (Å²) in [6.07, 6.45) is 0. The van der Waals surface area contributed by atoms with Gasteiger partial charge in [0, 0.05) is 18.0 Å². The first-order valence-corrected chi connectivity index (χ1v) is 7.35. The summed E-state index contributed by atoms with van der Waals surface area (Å²) in [7, 11) is 0. The summed E-state index contributed by atoms with van der Waals surface area (Å²) in [5.74, 6) is -0.0507. The van der Waals surface area contributed by atoms with E-state index < -0.39 is 0 Å². The maximum atomic E-state index is 11.5. The van der Waals surface area contributed by atoms with Crippen molar-refractivity contribution in [3.05, 3.63) is 66.7 Å². The number of amides is 1. The minimum absolute atomic E-state index is 0.0507. The Morgan fingerprint density at radius 2 is 1.45 bits per heavy atom. The van der Waals surface area contributed by atoms with Crippen molar-refractivity contribution in [2.24, 2.45) is 0 Å². The van der Waals surface area contributed by atoms with E-state index >= 15 is 0 Å². The van der Waals surface area contributed by atoms with Crippen LogP contribution in [0.15, 0.2) is 66.7 Å². The molecule has 0 radical (unpaired) electrons. The molecule has 0 aliphatic carbocycles. The van der Waals surface area contributed by atoms with Crippen LogP contribution in [0, 0.1) is 0 Å². The zero-order chi connectivity index (χ0) is 15.1. The smallest absolute Gasteiger partial charge is 0.221 e. The number of hydrogen-bond donors (Lipinski definition) is 1. The van der Waals surface area contributed by atoms with E-state index in [0.717, 1.165) is 16.5 Å². The van der Waals surface area contributed by atoms with E-state index in [4.69, 9.17) is 0 Å². The highest BCUT2D eigenvalue weighted by atomic mass is 16.1. The van der Waals surface area contributed by atoms with E-state index in [2.05, 4.69) is 59.9 Å². The number of carbonyl (C=O) groups is 1. The molecule has 0 aromatic heterocycles. The Labute approximate surface area is 128 Å². The topological polar surface area (TPSA) is 29.1 Å². The highest BCUT2D eigenvalue weighted by Gasteiger charge is 2.08. The molecular weight excluding hydrogens is 270 g/mol. The molecule has 4 aromatic carbocycles. The van der Waals surface area contributed by atoms with Gasteiger partial charge >= 0.3 is 0 Å². The molecule has 0 fully saturated rings. The second-order valence-electron chi connectivity index (χ2n) is 5.53. The fourth-order valence-corrected chi connectivity index (χ4v) is 3.17. The van der Waals surface area contributed by atoms with Gasteiger partial charge in [-0.1, -0.05) is 60.7 Å². The number of nitrogens with one attached hydrogen (secondary N) is 1. The van der Waals surface area contributed by atoms with E-state index in [-0.39, 0.29) is 5.91 Å². The molecule has 106 valence electrons. The SMILES string of the molecule is CC(=O)Nc1cccc2ccc3c4ccccc4ccc3c12. The predicted octanol–water partition coefficient (Wildman–Crippen LogP) is 5.10. The van der Waals surface area contributed by atoms with Crippen LogP contribution in [0.5, 0.6) is 0 Å². The van der Waals surface area contributed by atoms with Gasteiger partial charge in [0.1, 0.15) is 0 Å². The van der Waals surface area contributed by atoms with Gasteiger partial charge in [0.25, 0.3) is 0 Å². The Morgan fingerprint density at radius 3 is 2.32 bits per heavy atom. The number of fused-ring (bicyclic) bond motifs is 5. The van der Waals surface area contributed by atoms with Crippen molar-refractivity contribution in [3.63, 3.8) is 0 Å². The lowest BCUT2D eigenvalue weighted by atomic mass is 9.96. The second kappa shape index (κ2) is 4.85. The van der Waals surface area contributed by atoms with Gasteiger partial charge in [-0.15, -0.1) is 0 Å². The van der Waals surface area contributed by atoms with Crippen LogP contribution in [0.1, 0.15) is 6.92 Å². The first-order valence-electron chi connectivity index (χ1n) is 7.35. The molecule has 0 spiro atoms. The van der Waals surface area contributed by atoms with Gasteiger partial charge in [-0.2, -0.15) is 0 Å². The summed E-state index contributed by atoms with van der Waals surface area (Å²) < 4.78 is 0. The maximum absolute atomic E-state index is 11.5. The molecule has 22 heavy (non-hydrogen) atoms. The summed E-state index contributed by atoms with van der Waals surface area (Å²) in [4.78, 5) is 11.5. The van der Waals surface area contributed by atoms with Crippen LogP contribution in [-0.4, -0.2) is 5.91 Å². The molecule has 1 N–H and O–H groups in total. The van der Waals surface area contributed by atoms with Gasteiger partial charge < -0.3 is 5.32 Å². The largest absolute Gasteiger partial charge is 0.326 e. The van der Waals surface area contributed by atoms with Gasteiger partial charge in [0.05, 0.1) is 0 Å². The van der Waals surface area contributed by atoms with Crippen molar-refractivity contribution in [1.29, 1.82) is 0 Å². The minimum atomic E-state index is -0.0507. The van der Waals surface area contributed by atoms with E-state index in [1.807, 2.05) is 12.1 Å². The lowest BCUT2D eigenvalue weighted by Gasteiger charge is -2.12. The van der Waals surface area contributed by atoms with Crippen LogP contribution < -0.4 is 5.32 Å². The number of anilines is 1. The molecule has 2 nitrogen and oxygen atoms in total. The zero-order valence-electron chi connectivity index (χ0n) is 12.3. The molecule has 0 unspecified atom stereocenters. The number of benzene rings is 4. The third-order valence-corrected chi connectivity index (χ3v) is 4.08. The van der Waals surface area contributed by atoms with E-state index in [1.165, 1.54) is 21.5 Å². The molecule has 0 atom stereocenters. The Hall–Kier alpha value is -2.87. The number of carbonyl (C=O) groups excluding carboxylic acids is 1. The first-order chi connectivity index (χ1) is 10.7. The Balaban J connectivity index is 2.18. The molecule has 0 saturated carbocycles. The average molecular weight is 285 g/mol. The van der Waals surface area contributed by atoms with Gasteiger partial charge in [-0.25, -0.2) is 0 Å². The summed E-state index contributed by atoms with van der Waals surface area (Å²) in [6, 6.07) is 23.0. The molecule has 0 saturated heterocycles. The van der Waals surface area contributed by atoms with Crippen molar-refractivity contribution in [2.45, 2.75) is 6.92 Å². The van der Waals surface area contributed by atoms with Crippen LogP contribution >= 0.6 is 0 Å². The first kappa shape index (κ1) is 12.8. The van der Waals surface area contributed by atoms with Crippen LogP contribution in [0.4, 0.5) is 5.69 Å². The molecule has 1 amide bonds. The molecule has 0 aliphatic rings. The van der Waals surface area contributed by atoms with Crippen LogP contribution in [0.2, 0.25) is 0 Å². The van der Waals surface area contributed by atoms with Gasteiger partial charge in [0.2, 0.25) is 5.91 Å². The number of rotatable bonds is 1. The monoisotopic (exact) mass is 285 g/mol. The predicted molar refractivity (Wildman–Crippen MR) is 93.3 cm³/mol. The van der Waals surface area contributed by atoms with Crippen molar-refractivity contribution >= 4 is 43.9 Å². The quantitative estimate of drug-likeness (QED) is 0.484. The average Bonchev–Trinajstić information content (AvgIpc) is 2.53. The Bertz CT molecular complexity index is 1030. The van der Waals surface area contributed by atoms with E-state index in [1.54, 1.807) is 6.92 Å². The molecular formula is C20H15NO. The molecule has 0 heterocycles. The fraction of sp³-hybridized carbons (Fsp3) is 0.0500. The van der Waals surface area contributed by atoms with Crippen molar-refractivity contribution < 1.29 is 4.79 Å². The molecule has 2 heteroatoms. The molecule has 4 rings (SSSR count). The third kappa shape index (κ3) is 1.92. The molecule has 0 bridgehead atoms. The van der Waals surface area contributed by atoms with E-state index in [0.29, 0.717) is 0 Å². The van der Waals surface area contributed by atoms with Crippen LogP contribution in [0.25, 0.3) is 32.3 Å².